The molecule has 0 radical (unpaired) electrons. The highest BCUT2D eigenvalue weighted by Crippen LogP contribution is 2.39. The molecule has 0 aliphatic carbocycles. The summed E-state index contributed by atoms with van der Waals surface area (Å²) in [5.41, 5.74) is 2.64. The third-order valence-electron chi connectivity index (χ3n) is 5.49. The van der Waals surface area contributed by atoms with Crippen molar-refractivity contribution in [2.45, 2.75) is 13.5 Å². The molecule has 4 rings (SSSR count). The van der Waals surface area contributed by atoms with E-state index in [9.17, 15) is 18.8 Å². The number of amides is 3. The maximum atomic E-state index is 13.2. The van der Waals surface area contributed by atoms with Crippen LogP contribution in [0.3, 0.4) is 0 Å². The van der Waals surface area contributed by atoms with E-state index in [-0.39, 0.29) is 17.3 Å². The molecule has 11 heteroatoms. The van der Waals surface area contributed by atoms with Crippen LogP contribution in [0.4, 0.5) is 14.9 Å². The maximum absolute atomic E-state index is 13.2. The Morgan fingerprint density at radius 1 is 1.16 bits per heavy atom. The number of hydrogen-bond acceptors (Lipinski definition) is 6. The Morgan fingerprint density at radius 3 is 2.61 bits per heavy atom. The average Bonchev–Trinajstić information content (AvgIpc) is 3.13. The molecule has 196 valence electrons. The first-order valence-corrected chi connectivity index (χ1v) is 13.2. The molecule has 1 saturated heterocycles. The van der Waals surface area contributed by atoms with Crippen molar-refractivity contribution in [2.24, 2.45) is 0 Å². The van der Waals surface area contributed by atoms with Crippen molar-refractivity contribution in [3.63, 3.8) is 0 Å². The number of halogens is 3. The van der Waals surface area contributed by atoms with Crippen LogP contribution in [0.15, 0.2) is 64.0 Å². The lowest BCUT2D eigenvalue weighted by molar-refractivity contribution is -0.127. The number of carbonyl (C=O) groups is 3. The van der Waals surface area contributed by atoms with Gasteiger partial charge in [-0.1, -0.05) is 29.8 Å². The van der Waals surface area contributed by atoms with Crippen molar-refractivity contribution >= 4 is 68.1 Å². The molecule has 1 aliphatic heterocycles. The Kier molecular flexibility index (Phi) is 8.76. The van der Waals surface area contributed by atoms with Gasteiger partial charge in [0, 0.05) is 10.7 Å². The topological polar surface area (TPSA) is 84.9 Å². The van der Waals surface area contributed by atoms with Crippen molar-refractivity contribution in [1.82, 2.24) is 4.90 Å². The number of nitrogens with zero attached hydrogens (tertiary/aromatic N) is 1. The molecule has 3 aromatic rings. The number of thioether (sulfide) groups is 1. The number of rotatable bonds is 8. The molecule has 1 N–H and O–H groups in total. The lowest BCUT2D eigenvalue weighted by Gasteiger charge is -2.14. The fraction of sp³-hybridized carbons (Fsp3) is 0.148. The standard InChI is InChI=1S/C27H21BrClFN2O5S/c1-15-3-6-18(29)12-21(15)31-24(33)13-32-26(34)23(38-27(32)35)11-17-9-20(28)25(22(10-17)36-2)37-14-16-4-7-19(30)8-5-16/h3-12H,13-14H2,1-2H3,(H,31,33)/b23-11+. The molecular formula is C27H21BrClFN2O5S. The molecule has 3 amide bonds. The van der Waals surface area contributed by atoms with Crippen molar-refractivity contribution < 1.29 is 28.2 Å². The van der Waals surface area contributed by atoms with Crippen LogP contribution in [0.5, 0.6) is 11.5 Å². The summed E-state index contributed by atoms with van der Waals surface area (Å²) in [6, 6.07) is 14.4. The van der Waals surface area contributed by atoms with Gasteiger partial charge in [-0.05, 0) is 93.8 Å². The Morgan fingerprint density at radius 2 is 1.89 bits per heavy atom. The van der Waals surface area contributed by atoms with Gasteiger partial charge in [0.25, 0.3) is 11.1 Å². The maximum Gasteiger partial charge on any atom is 0.294 e. The lowest BCUT2D eigenvalue weighted by Crippen LogP contribution is -2.36. The zero-order valence-electron chi connectivity index (χ0n) is 20.2. The van der Waals surface area contributed by atoms with E-state index >= 15 is 0 Å². The first-order valence-electron chi connectivity index (χ1n) is 11.2. The zero-order valence-corrected chi connectivity index (χ0v) is 23.4. The van der Waals surface area contributed by atoms with Gasteiger partial charge in [0.1, 0.15) is 19.0 Å². The number of carbonyl (C=O) groups excluding carboxylic acids is 3. The number of imide groups is 1. The van der Waals surface area contributed by atoms with Crippen LogP contribution in [0.1, 0.15) is 16.7 Å². The summed E-state index contributed by atoms with van der Waals surface area (Å²) >= 11 is 10.2. The quantitative estimate of drug-likeness (QED) is 0.279. The van der Waals surface area contributed by atoms with E-state index < -0.39 is 23.6 Å². The van der Waals surface area contributed by atoms with Crippen molar-refractivity contribution in [2.75, 3.05) is 19.0 Å². The second-order valence-corrected chi connectivity index (χ2v) is 10.5. The van der Waals surface area contributed by atoms with Crippen LogP contribution in [0, 0.1) is 12.7 Å². The molecule has 0 spiro atoms. The van der Waals surface area contributed by atoms with E-state index in [2.05, 4.69) is 21.2 Å². The molecule has 3 aromatic carbocycles. The first kappa shape index (κ1) is 27.7. The van der Waals surface area contributed by atoms with Gasteiger partial charge in [-0.25, -0.2) is 4.39 Å². The monoisotopic (exact) mass is 618 g/mol. The van der Waals surface area contributed by atoms with Crippen LogP contribution in [-0.2, 0) is 16.2 Å². The molecule has 0 unspecified atom stereocenters. The Balaban J connectivity index is 1.47. The average molecular weight is 620 g/mol. The molecule has 1 fully saturated rings. The number of ether oxygens (including phenoxy) is 2. The summed E-state index contributed by atoms with van der Waals surface area (Å²) in [5, 5.41) is 2.59. The van der Waals surface area contributed by atoms with Crippen LogP contribution >= 0.6 is 39.3 Å². The van der Waals surface area contributed by atoms with Gasteiger partial charge >= 0.3 is 0 Å². The van der Waals surface area contributed by atoms with Gasteiger partial charge in [-0.3, -0.25) is 19.3 Å². The summed E-state index contributed by atoms with van der Waals surface area (Å²) in [4.78, 5) is 39.1. The fourth-order valence-corrected chi connectivity index (χ4v) is 5.13. The van der Waals surface area contributed by atoms with Gasteiger partial charge < -0.3 is 14.8 Å². The Hall–Kier alpha value is -3.34. The molecule has 7 nitrogen and oxygen atoms in total. The first-order chi connectivity index (χ1) is 18.1. The summed E-state index contributed by atoms with van der Waals surface area (Å²) in [6.07, 6.45) is 1.54. The van der Waals surface area contributed by atoms with Gasteiger partial charge in [-0.2, -0.15) is 0 Å². The minimum Gasteiger partial charge on any atom is -0.493 e. The normalized spacial score (nSPS) is 14.2. The third-order valence-corrected chi connectivity index (χ3v) is 7.23. The predicted octanol–water partition coefficient (Wildman–Crippen LogP) is 6.81. The van der Waals surface area contributed by atoms with E-state index in [0.29, 0.717) is 32.2 Å². The van der Waals surface area contributed by atoms with E-state index in [1.54, 1.807) is 55.5 Å². The number of aryl methyl sites for hydroxylation is 1. The van der Waals surface area contributed by atoms with E-state index in [1.807, 2.05) is 0 Å². The number of anilines is 1. The molecule has 1 aliphatic rings. The summed E-state index contributed by atoms with van der Waals surface area (Å²) < 4.78 is 25.0. The van der Waals surface area contributed by atoms with Crippen LogP contribution in [-0.4, -0.2) is 35.6 Å². The van der Waals surface area contributed by atoms with Gasteiger partial charge in [0.2, 0.25) is 5.91 Å². The van der Waals surface area contributed by atoms with E-state index in [1.165, 1.54) is 19.2 Å². The van der Waals surface area contributed by atoms with Crippen molar-refractivity contribution in [3.8, 4) is 11.5 Å². The fourth-order valence-electron chi connectivity index (χ4n) is 3.55. The molecular weight excluding hydrogens is 599 g/mol. The second kappa shape index (κ2) is 12.0. The van der Waals surface area contributed by atoms with E-state index in [4.69, 9.17) is 21.1 Å². The molecule has 38 heavy (non-hydrogen) atoms. The minimum atomic E-state index is -0.579. The number of methoxy groups -OCH3 is 1. The van der Waals surface area contributed by atoms with Gasteiger partial charge in [-0.15, -0.1) is 0 Å². The highest BCUT2D eigenvalue weighted by Gasteiger charge is 2.36. The number of nitrogens with one attached hydrogen (secondary N) is 1. The second-order valence-electron chi connectivity index (χ2n) is 8.22. The summed E-state index contributed by atoms with van der Waals surface area (Å²) in [5.74, 6) is -0.618. The predicted molar refractivity (Wildman–Crippen MR) is 149 cm³/mol. The zero-order chi connectivity index (χ0) is 27.4. The lowest BCUT2D eigenvalue weighted by atomic mass is 10.1. The molecule has 0 bridgehead atoms. The minimum absolute atomic E-state index is 0.163. The smallest absolute Gasteiger partial charge is 0.294 e. The number of benzene rings is 3. The highest BCUT2D eigenvalue weighted by atomic mass is 79.9. The van der Waals surface area contributed by atoms with Crippen LogP contribution in [0.2, 0.25) is 5.02 Å². The third kappa shape index (κ3) is 6.56. The highest BCUT2D eigenvalue weighted by molar-refractivity contribution is 9.10. The molecule has 0 atom stereocenters. The largest absolute Gasteiger partial charge is 0.493 e. The van der Waals surface area contributed by atoms with Gasteiger partial charge in [0.05, 0.1) is 16.5 Å². The molecule has 1 heterocycles. The summed E-state index contributed by atoms with van der Waals surface area (Å²) in [6.45, 7) is 1.56. The van der Waals surface area contributed by atoms with Crippen molar-refractivity contribution in [3.05, 3.63) is 91.5 Å². The molecule has 0 saturated carbocycles. The summed E-state index contributed by atoms with van der Waals surface area (Å²) in [7, 11) is 1.48. The molecule has 0 aromatic heterocycles. The Bertz CT molecular complexity index is 1450. The number of hydrogen-bond donors (Lipinski definition) is 1. The van der Waals surface area contributed by atoms with E-state index in [0.717, 1.165) is 27.8 Å². The SMILES string of the molecule is COc1cc(/C=C2/SC(=O)N(CC(=O)Nc3cc(Cl)ccc3C)C2=O)cc(Br)c1OCc1ccc(F)cc1. The van der Waals surface area contributed by atoms with Gasteiger partial charge in [0.15, 0.2) is 11.5 Å². The van der Waals surface area contributed by atoms with Crippen LogP contribution < -0.4 is 14.8 Å². The Labute approximate surface area is 236 Å². The van der Waals surface area contributed by atoms with Crippen molar-refractivity contribution in [1.29, 1.82) is 0 Å². The van der Waals surface area contributed by atoms with Crippen LogP contribution in [0.25, 0.3) is 6.08 Å².